The number of carbonyl (C=O) groups is 2. The first-order valence-corrected chi connectivity index (χ1v) is 11.0. The van der Waals surface area contributed by atoms with Crippen molar-refractivity contribution in [1.29, 1.82) is 5.26 Å². The molecule has 3 rings (SSSR count). The molecule has 0 bridgehead atoms. The van der Waals surface area contributed by atoms with E-state index in [1.54, 1.807) is 16.8 Å². The predicted octanol–water partition coefficient (Wildman–Crippen LogP) is 3.21. The molecule has 7 nitrogen and oxygen atoms in total. The van der Waals surface area contributed by atoms with Crippen LogP contribution in [0.2, 0.25) is 0 Å². The van der Waals surface area contributed by atoms with Gasteiger partial charge in [-0.2, -0.15) is 5.26 Å². The highest BCUT2D eigenvalue weighted by Crippen LogP contribution is 2.18. The maximum absolute atomic E-state index is 12.8. The van der Waals surface area contributed by atoms with Gasteiger partial charge < -0.3 is 19.4 Å². The Balaban J connectivity index is 1.51. The number of ether oxygens (including phenoxy) is 1. The van der Waals surface area contributed by atoms with E-state index in [1.165, 1.54) is 0 Å². The fourth-order valence-electron chi connectivity index (χ4n) is 3.70. The standard InChI is InChI=1S/C25H30N4O3/c1-27(20-21-8-10-22(11-9-21)28-16-18-32-19-17-28)24(30)12-13-25(31)29(15-5-14-26)23-6-3-2-4-7-23/h2-4,6-11H,5,12-13,15-20H2,1H3. The summed E-state index contributed by atoms with van der Waals surface area (Å²) in [5, 5.41) is 8.91. The zero-order valence-electron chi connectivity index (χ0n) is 18.6. The maximum Gasteiger partial charge on any atom is 0.227 e. The van der Waals surface area contributed by atoms with Crippen LogP contribution in [-0.4, -0.2) is 56.6 Å². The molecular formula is C25H30N4O3. The van der Waals surface area contributed by atoms with E-state index >= 15 is 0 Å². The van der Waals surface area contributed by atoms with Crippen LogP contribution in [0.5, 0.6) is 0 Å². The summed E-state index contributed by atoms with van der Waals surface area (Å²) in [6.45, 7) is 4.08. The number of morpholine rings is 1. The molecule has 2 aromatic rings. The molecule has 7 heteroatoms. The Bertz CT molecular complexity index is 918. The van der Waals surface area contributed by atoms with Crippen LogP contribution in [0, 0.1) is 11.3 Å². The van der Waals surface area contributed by atoms with E-state index in [4.69, 9.17) is 10.00 Å². The summed E-state index contributed by atoms with van der Waals surface area (Å²) in [5.41, 5.74) is 2.95. The van der Waals surface area contributed by atoms with Crippen molar-refractivity contribution in [3.05, 3.63) is 60.2 Å². The van der Waals surface area contributed by atoms with Crippen LogP contribution >= 0.6 is 0 Å². The molecule has 0 saturated carbocycles. The van der Waals surface area contributed by atoms with Crippen LogP contribution in [0.3, 0.4) is 0 Å². The summed E-state index contributed by atoms with van der Waals surface area (Å²) in [5.74, 6) is -0.230. The Labute approximate surface area is 189 Å². The van der Waals surface area contributed by atoms with Crippen LogP contribution in [-0.2, 0) is 20.9 Å². The summed E-state index contributed by atoms with van der Waals surface area (Å²) < 4.78 is 5.40. The Hall–Kier alpha value is -3.37. The molecule has 0 atom stereocenters. The second-order valence-corrected chi connectivity index (χ2v) is 7.80. The van der Waals surface area contributed by atoms with Crippen LogP contribution < -0.4 is 9.80 Å². The van der Waals surface area contributed by atoms with Crippen molar-refractivity contribution < 1.29 is 14.3 Å². The van der Waals surface area contributed by atoms with Gasteiger partial charge in [-0.1, -0.05) is 30.3 Å². The number of nitriles is 1. The lowest BCUT2D eigenvalue weighted by atomic mass is 10.1. The van der Waals surface area contributed by atoms with Crippen LogP contribution in [0.15, 0.2) is 54.6 Å². The minimum Gasteiger partial charge on any atom is -0.378 e. The van der Waals surface area contributed by atoms with Gasteiger partial charge >= 0.3 is 0 Å². The molecule has 1 aliphatic heterocycles. The van der Waals surface area contributed by atoms with E-state index in [1.807, 2.05) is 42.5 Å². The second kappa shape index (κ2) is 11.9. The number of para-hydroxylation sites is 1. The topological polar surface area (TPSA) is 76.9 Å². The summed E-state index contributed by atoms with van der Waals surface area (Å²) in [7, 11) is 1.76. The number of hydrogen-bond donors (Lipinski definition) is 0. The third-order valence-corrected chi connectivity index (χ3v) is 5.53. The molecule has 0 radical (unpaired) electrons. The highest BCUT2D eigenvalue weighted by Gasteiger charge is 2.18. The molecule has 0 aromatic heterocycles. The van der Waals surface area contributed by atoms with Crippen molar-refractivity contribution in [3.63, 3.8) is 0 Å². The molecule has 0 aliphatic carbocycles. The molecule has 1 fully saturated rings. The van der Waals surface area contributed by atoms with Gasteiger partial charge in [0, 0.05) is 57.4 Å². The molecule has 1 saturated heterocycles. The summed E-state index contributed by atoms with van der Waals surface area (Å²) >= 11 is 0. The van der Waals surface area contributed by atoms with Crippen molar-refractivity contribution in [2.45, 2.75) is 25.8 Å². The number of benzene rings is 2. The molecule has 0 unspecified atom stereocenters. The highest BCUT2D eigenvalue weighted by atomic mass is 16.5. The third-order valence-electron chi connectivity index (χ3n) is 5.53. The average Bonchev–Trinajstić information content (AvgIpc) is 2.84. The van der Waals surface area contributed by atoms with Crippen molar-refractivity contribution >= 4 is 23.2 Å². The number of carbonyl (C=O) groups excluding carboxylic acids is 2. The van der Waals surface area contributed by atoms with E-state index in [0.717, 1.165) is 43.2 Å². The largest absolute Gasteiger partial charge is 0.378 e. The summed E-state index contributed by atoms with van der Waals surface area (Å²) in [4.78, 5) is 30.9. The molecule has 0 spiro atoms. The first kappa shape index (κ1) is 23.3. The van der Waals surface area contributed by atoms with Gasteiger partial charge in [0.05, 0.1) is 25.7 Å². The Morgan fingerprint density at radius 3 is 2.31 bits per heavy atom. The lowest BCUT2D eigenvalue weighted by Gasteiger charge is -2.29. The third kappa shape index (κ3) is 6.56. The molecule has 2 aromatic carbocycles. The number of hydrogen-bond acceptors (Lipinski definition) is 5. The van der Waals surface area contributed by atoms with Gasteiger partial charge in [0.15, 0.2) is 0 Å². The molecular weight excluding hydrogens is 404 g/mol. The Morgan fingerprint density at radius 1 is 1.00 bits per heavy atom. The lowest BCUT2D eigenvalue weighted by Crippen LogP contribution is -2.36. The first-order valence-electron chi connectivity index (χ1n) is 11.0. The number of nitrogens with zero attached hydrogens (tertiary/aromatic N) is 4. The lowest BCUT2D eigenvalue weighted by molar-refractivity contribution is -0.132. The summed E-state index contributed by atoms with van der Waals surface area (Å²) in [6, 6.07) is 19.6. The van der Waals surface area contributed by atoms with Gasteiger partial charge in [-0.05, 0) is 29.8 Å². The maximum atomic E-state index is 12.8. The van der Waals surface area contributed by atoms with Crippen molar-refractivity contribution in [3.8, 4) is 6.07 Å². The minimum atomic E-state index is -0.150. The molecule has 1 aliphatic rings. The van der Waals surface area contributed by atoms with Gasteiger partial charge in [-0.25, -0.2) is 0 Å². The van der Waals surface area contributed by atoms with Gasteiger partial charge in [-0.3, -0.25) is 9.59 Å². The Morgan fingerprint density at radius 2 is 1.66 bits per heavy atom. The first-order chi connectivity index (χ1) is 15.6. The summed E-state index contributed by atoms with van der Waals surface area (Å²) in [6.07, 6.45) is 0.492. The van der Waals surface area contributed by atoms with Crippen molar-refractivity contribution in [2.24, 2.45) is 0 Å². The van der Waals surface area contributed by atoms with Crippen molar-refractivity contribution in [2.75, 3.05) is 49.7 Å². The molecule has 2 amide bonds. The smallest absolute Gasteiger partial charge is 0.227 e. The SMILES string of the molecule is CN(Cc1ccc(N2CCOCC2)cc1)C(=O)CCC(=O)N(CCC#N)c1ccccc1. The molecule has 1 heterocycles. The van der Waals surface area contributed by atoms with Crippen LogP contribution in [0.25, 0.3) is 0 Å². The average molecular weight is 435 g/mol. The quantitative estimate of drug-likeness (QED) is 0.606. The van der Waals surface area contributed by atoms with E-state index in [9.17, 15) is 9.59 Å². The van der Waals surface area contributed by atoms with Gasteiger partial charge in [0.25, 0.3) is 0 Å². The molecule has 0 N–H and O–H groups in total. The van der Waals surface area contributed by atoms with Crippen LogP contribution in [0.4, 0.5) is 11.4 Å². The van der Waals surface area contributed by atoms with Gasteiger partial charge in [0.2, 0.25) is 11.8 Å². The van der Waals surface area contributed by atoms with Gasteiger partial charge in [0.1, 0.15) is 0 Å². The van der Waals surface area contributed by atoms with E-state index < -0.39 is 0 Å². The van der Waals surface area contributed by atoms with Crippen molar-refractivity contribution in [1.82, 2.24) is 4.90 Å². The second-order valence-electron chi connectivity index (χ2n) is 7.80. The zero-order valence-corrected chi connectivity index (χ0v) is 18.6. The molecule has 32 heavy (non-hydrogen) atoms. The molecule has 168 valence electrons. The predicted molar refractivity (Wildman–Crippen MR) is 124 cm³/mol. The highest BCUT2D eigenvalue weighted by molar-refractivity contribution is 5.95. The number of rotatable bonds is 9. The fraction of sp³-hybridized carbons (Fsp3) is 0.400. The Kier molecular flexibility index (Phi) is 8.64. The normalized spacial score (nSPS) is 13.3. The fourth-order valence-corrected chi connectivity index (χ4v) is 3.70. The van der Waals surface area contributed by atoms with Gasteiger partial charge in [-0.15, -0.1) is 0 Å². The van der Waals surface area contributed by atoms with E-state index in [0.29, 0.717) is 13.1 Å². The minimum absolute atomic E-state index is 0.0797. The number of amides is 2. The van der Waals surface area contributed by atoms with E-state index in [-0.39, 0.29) is 31.1 Å². The van der Waals surface area contributed by atoms with E-state index in [2.05, 4.69) is 23.1 Å². The number of anilines is 2. The monoisotopic (exact) mass is 434 g/mol. The van der Waals surface area contributed by atoms with Crippen LogP contribution in [0.1, 0.15) is 24.8 Å². The zero-order chi connectivity index (χ0) is 22.8.